The van der Waals surface area contributed by atoms with Gasteiger partial charge in [0.25, 0.3) is 0 Å². The Morgan fingerprint density at radius 2 is 1.85 bits per heavy atom. The molecule has 0 bridgehead atoms. The SMILES string of the molecule is COc1ccc(CO[C@H]2O[C@H]([C@H](OC)C(=O)O)[C@@H]3OC(C)(C)O[C@H]23)cc1. The van der Waals surface area contributed by atoms with Crippen LogP contribution in [0.25, 0.3) is 0 Å². The highest BCUT2D eigenvalue weighted by Gasteiger charge is 2.59. The van der Waals surface area contributed by atoms with Gasteiger partial charge in [0.05, 0.1) is 13.7 Å². The van der Waals surface area contributed by atoms with Crippen LogP contribution in [0.3, 0.4) is 0 Å². The molecule has 144 valence electrons. The lowest BCUT2D eigenvalue weighted by atomic mass is 10.1. The number of benzene rings is 1. The molecule has 8 heteroatoms. The maximum Gasteiger partial charge on any atom is 0.335 e. The Morgan fingerprint density at radius 3 is 2.42 bits per heavy atom. The third-order valence-electron chi connectivity index (χ3n) is 4.42. The average Bonchev–Trinajstić information content (AvgIpc) is 3.08. The van der Waals surface area contributed by atoms with Crippen LogP contribution in [0.15, 0.2) is 24.3 Å². The lowest BCUT2D eigenvalue weighted by molar-refractivity contribution is -0.247. The van der Waals surface area contributed by atoms with Gasteiger partial charge in [0.1, 0.15) is 24.1 Å². The van der Waals surface area contributed by atoms with Gasteiger partial charge in [-0.05, 0) is 31.5 Å². The predicted octanol–water partition coefficient (Wildman–Crippen LogP) is 1.56. The minimum atomic E-state index is -1.17. The van der Waals surface area contributed by atoms with Gasteiger partial charge in [-0.2, -0.15) is 0 Å². The number of rotatable bonds is 7. The van der Waals surface area contributed by atoms with E-state index in [0.717, 1.165) is 11.3 Å². The van der Waals surface area contributed by atoms with Gasteiger partial charge in [-0.25, -0.2) is 4.79 Å². The Labute approximate surface area is 151 Å². The van der Waals surface area contributed by atoms with E-state index in [1.807, 2.05) is 24.3 Å². The molecule has 1 N–H and O–H groups in total. The van der Waals surface area contributed by atoms with Gasteiger partial charge in [-0.15, -0.1) is 0 Å². The van der Waals surface area contributed by atoms with Crippen molar-refractivity contribution in [3.63, 3.8) is 0 Å². The lowest BCUT2D eigenvalue weighted by Crippen LogP contribution is -2.44. The molecular weight excluding hydrogens is 344 g/mol. The molecule has 0 aliphatic carbocycles. The summed E-state index contributed by atoms with van der Waals surface area (Å²) in [6, 6.07) is 7.44. The van der Waals surface area contributed by atoms with E-state index in [0.29, 0.717) is 0 Å². The second kappa shape index (κ2) is 7.50. The van der Waals surface area contributed by atoms with Crippen molar-refractivity contribution in [3.8, 4) is 5.75 Å². The van der Waals surface area contributed by atoms with Gasteiger partial charge in [0, 0.05) is 7.11 Å². The minimum absolute atomic E-state index is 0.277. The highest BCUT2D eigenvalue weighted by molar-refractivity contribution is 5.73. The zero-order chi connectivity index (χ0) is 18.9. The number of aliphatic carboxylic acids is 1. The molecule has 8 nitrogen and oxygen atoms in total. The van der Waals surface area contributed by atoms with E-state index in [1.165, 1.54) is 7.11 Å². The van der Waals surface area contributed by atoms with Crippen molar-refractivity contribution in [1.82, 2.24) is 0 Å². The second-order valence-corrected chi connectivity index (χ2v) is 6.69. The van der Waals surface area contributed by atoms with Crippen molar-refractivity contribution in [2.75, 3.05) is 14.2 Å². The number of fused-ring (bicyclic) bond motifs is 1. The van der Waals surface area contributed by atoms with E-state index in [4.69, 9.17) is 28.4 Å². The summed E-state index contributed by atoms with van der Waals surface area (Å²) in [6.45, 7) is 3.82. The maximum atomic E-state index is 11.5. The van der Waals surface area contributed by atoms with E-state index < -0.39 is 42.5 Å². The fraction of sp³-hybridized carbons (Fsp3) is 0.611. The van der Waals surface area contributed by atoms with Crippen molar-refractivity contribution < 1.29 is 38.3 Å². The summed E-state index contributed by atoms with van der Waals surface area (Å²) in [5.41, 5.74) is 0.925. The summed E-state index contributed by atoms with van der Waals surface area (Å²) in [6.07, 6.45) is -3.89. The molecule has 1 aromatic carbocycles. The summed E-state index contributed by atoms with van der Waals surface area (Å²) in [4.78, 5) is 11.5. The topological polar surface area (TPSA) is 92.7 Å². The maximum absolute atomic E-state index is 11.5. The third-order valence-corrected chi connectivity index (χ3v) is 4.42. The van der Waals surface area contributed by atoms with Crippen molar-refractivity contribution in [1.29, 1.82) is 0 Å². The van der Waals surface area contributed by atoms with Crippen LogP contribution in [0.5, 0.6) is 5.75 Å². The Balaban J connectivity index is 1.71. The molecule has 2 aliphatic heterocycles. The number of hydrogen-bond acceptors (Lipinski definition) is 7. The second-order valence-electron chi connectivity index (χ2n) is 6.69. The molecule has 5 atom stereocenters. The molecule has 0 saturated carbocycles. The first-order valence-electron chi connectivity index (χ1n) is 8.36. The number of ether oxygens (including phenoxy) is 6. The van der Waals surface area contributed by atoms with Crippen LogP contribution in [0.1, 0.15) is 19.4 Å². The fourth-order valence-electron chi connectivity index (χ4n) is 3.24. The standard InChI is InChI=1S/C18H24O8/c1-18(2)25-13-12(14(22-4)16(19)20)24-17(15(13)26-18)23-9-10-5-7-11(21-3)8-6-10/h5-8,12-15,17H,9H2,1-4H3,(H,19,20)/t12-,13-,14-,15-,17-/m0/s1. The van der Waals surface area contributed by atoms with E-state index in [9.17, 15) is 9.90 Å². The minimum Gasteiger partial charge on any atom is -0.497 e. The Kier molecular flexibility index (Phi) is 5.50. The van der Waals surface area contributed by atoms with Gasteiger partial charge < -0.3 is 33.5 Å². The average molecular weight is 368 g/mol. The molecule has 2 aliphatic rings. The van der Waals surface area contributed by atoms with Gasteiger partial charge in [0.2, 0.25) is 0 Å². The van der Waals surface area contributed by atoms with Crippen LogP contribution >= 0.6 is 0 Å². The van der Waals surface area contributed by atoms with Crippen molar-refractivity contribution in [2.45, 2.75) is 56.9 Å². The highest BCUT2D eigenvalue weighted by Crippen LogP contribution is 2.40. The van der Waals surface area contributed by atoms with Crippen LogP contribution in [0, 0.1) is 0 Å². The lowest BCUT2D eigenvalue weighted by Gasteiger charge is -2.26. The van der Waals surface area contributed by atoms with Crippen LogP contribution < -0.4 is 4.74 Å². The molecule has 2 heterocycles. The first kappa shape index (κ1) is 19.1. The van der Waals surface area contributed by atoms with Crippen molar-refractivity contribution >= 4 is 5.97 Å². The zero-order valence-corrected chi connectivity index (χ0v) is 15.2. The Hall–Kier alpha value is -1.71. The van der Waals surface area contributed by atoms with Gasteiger partial charge in [-0.3, -0.25) is 0 Å². The van der Waals surface area contributed by atoms with Crippen LogP contribution in [0.2, 0.25) is 0 Å². The summed E-state index contributed by atoms with van der Waals surface area (Å²) in [7, 11) is 2.93. The van der Waals surface area contributed by atoms with Crippen molar-refractivity contribution in [2.24, 2.45) is 0 Å². The number of hydrogen-bond donors (Lipinski definition) is 1. The number of carboxylic acid groups (broad SMARTS) is 1. The van der Waals surface area contributed by atoms with E-state index in [2.05, 4.69) is 0 Å². The Bertz CT molecular complexity index is 629. The number of carboxylic acids is 1. The molecule has 26 heavy (non-hydrogen) atoms. The van der Waals surface area contributed by atoms with Crippen LogP contribution in [-0.4, -0.2) is 61.8 Å². The summed E-state index contributed by atoms with van der Waals surface area (Å²) >= 11 is 0. The largest absolute Gasteiger partial charge is 0.497 e. The van der Waals surface area contributed by atoms with Gasteiger partial charge in [0.15, 0.2) is 18.2 Å². The number of methoxy groups -OCH3 is 2. The normalized spacial score (nSPS) is 30.8. The summed E-state index contributed by atoms with van der Waals surface area (Å²) in [5.74, 6) is -1.22. The third kappa shape index (κ3) is 3.84. The monoisotopic (exact) mass is 368 g/mol. The molecule has 0 aromatic heterocycles. The fourth-order valence-corrected chi connectivity index (χ4v) is 3.24. The van der Waals surface area contributed by atoms with E-state index in [1.54, 1.807) is 21.0 Å². The molecule has 0 radical (unpaired) electrons. The molecule has 0 spiro atoms. The van der Waals surface area contributed by atoms with Gasteiger partial charge >= 0.3 is 5.97 Å². The van der Waals surface area contributed by atoms with Gasteiger partial charge in [-0.1, -0.05) is 12.1 Å². The smallest absolute Gasteiger partial charge is 0.335 e. The number of carbonyl (C=O) groups is 1. The molecule has 2 fully saturated rings. The summed E-state index contributed by atoms with van der Waals surface area (Å²) in [5, 5.41) is 9.37. The zero-order valence-electron chi connectivity index (χ0n) is 15.2. The van der Waals surface area contributed by atoms with Crippen molar-refractivity contribution in [3.05, 3.63) is 29.8 Å². The predicted molar refractivity (Wildman–Crippen MR) is 88.7 cm³/mol. The van der Waals surface area contributed by atoms with Crippen LogP contribution in [0.4, 0.5) is 0 Å². The molecule has 1 aromatic rings. The van der Waals surface area contributed by atoms with E-state index >= 15 is 0 Å². The highest BCUT2D eigenvalue weighted by atomic mass is 16.8. The molecule has 0 unspecified atom stereocenters. The molecule has 0 amide bonds. The van der Waals surface area contributed by atoms with Crippen LogP contribution in [-0.2, 0) is 35.1 Å². The quantitative estimate of drug-likeness (QED) is 0.775. The Morgan fingerprint density at radius 1 is 1.19 bits per heavy atom. The molecular formula is C18H24O8. The molecule has 3 rings (SSSR count). The summed E-state index contributed by atoms with van der Waals surface area (Å²) < 4.78 is 33.6. The van der Waals surface area contributed by atoms with E-state index in [-0.39, 0.29) is 6.61 Å². The molecule has 2 saturated heterocycles. The first-order valence-corrected chi connectivity index (χ1v) is 8.36. The first-order chi connectivity index (χ1) is 12.3.